The number of ether oxygens (including phenoxy) is 1. The van der Waals surface area contributed by atoms with Crippen LogP contribution in [0, 0.1) is 0 Å². The van der Waals surface area contributed by atoms with E-state index in [-0.39, 0.29) is 6.04 Å². The molecule has 8 heteroatoms. The summed E-state index contributed by atoms with van der Waals surface area (Å²) >= 11 is 0. The number of nitrogens with zero attached hydrogens (tertiary/aromatic N) is 3. The van der Waals surface area contributed by atoms with Crippen molar-refractivity contribution in [1.82, 2.24) is 15.3 Å². The molecule has 0 atom stereocenters. The van der Waals surface area contributed by atoms with Gasteiger partial charge in [0, 0.05) is 24.5 Å². The highest BCUT2D eigenvalue weighted by atomic mass is 16.6. The minimum Gasteiger partial charge on any atom is -0.444 e. The summed E-state index contributed by atoms with van der Waals surface area (Å²) in [5.41, 5.74) is 9.77. The summed E-state index contributed by atoms with van der Waals surface area (Å²) in [7, 11) is 0. The zero-order valence-corrected chi connectivity index (χ0v) is 22.0. The van der Waals surface area contributed by atoms with Gasteiger partial charge in [-0.05, 0) is 80.7 Å². The predicted molar refractivity (Wildman–Crippen MR) is 145 cm³/mol. The van der Waals surface area contributed by atoms with Crippen molar-refractivity contribution in [2.24, 2.45) is 5.73 Å². The Morgan fingerprint density at radius 2 is 1.73 bits per heavy atom. The van der Waals surface area contributed by atoms with E-state index in [2.05, 4.69) is 57.4 Å². The van der Waals surface area contributed by atoms with Gasteiger partial charge in [0.25, 0.3) is 5.91 Å². The number of rotatable bonds is 5. The Balaban J connectivity index is 1.41. The van der Waals surface area contributed by atoms with Gasteiger partial charge in [0.15, 0.2) is 0 Å². The lowest BCUT2D eigenvalue weighted by Gasteiger charge is -2.34. The van der Waals surface area contributed by atoms with E-state index >= 15 is 0 Å². The first-order chi connectivity index (χ1) is 17.5. The number of hydrogen-bond acceptors (Lipinski definition) is 6. The van der Waals surface area contributed by atoms with E-state index in [0.29, 0.717) is 29.6 Å². The maximum atomic E-state index is 12.4. The summed E-state index contributed by atoms with van der Waals surface area (Å²) in [6, 6.07) is 12.5. The number of hydrogen-bond donors (Lipinski definition) is 2. The molecule has 0 unspecified atom stereocenters. The number of anilines is 1. The van der Waals surface area contributed by atoms with Gasteiger partial charge in [-0.1, -0.05) is 31.2 Å². The highest BCUT2D eigenvalue weighted by molar-refractivity contribution is 6.09. The van der Waals surface area contributed by atoms with E-state index in [1.165, 1.54) is 24.7 Å². The van der Waals surface area contributed by atoms with Crippen molar-refractivity contribution < 1.29 is 14.3 Å². The average molecular weight is 502 g/mol. The van der Waals surface area contributed by atoms with Gasteiger partial charge in [-0.3, -0.25) is 4.79 Å². The predicted octanol–water partition coefficient (Wildman–Crippen LogP) is 4.94. The summed E-state index contributed by atoms with van der Waals surface area (Å²) in [4.78, 5) is 35.8. The first-order valence-corrected chi connectivity index (χ1v) is 13.0. The number of primary amides is 1. The molecule has 0 bridgehead atoms. The molecule has 3 N–H and O–H groups in total. The van der Waals surface area contributed by atoms with Crippen molar-refractivity contribution in [3.63, 3.8) is 0 Å². The van der Waals surface area contributed by atoms with Gasteiger partial charge in [-0.25, -0.2) is 14.8 Å². The maximum Gasteiger partial charge on any atom is 0.407 e. The van der Waals surface area contributed by atoms with Crippen molar-refractivity contribution in [3.8, 4) is 11.1 Å². The number of nitrogens with one attached hydrogen (secondary N) is 1. The molecule has 1 aliphatic heterocycles. The van der Waals surface area contributed by atoms with Crippen LogP contribution in [-0.4, -0.2) is 46.7 Å². The van der Waals surface area contributed by atoms with Gasteiger partial charge in [0.05, 0.1) is 11.1 Å². The van der Waals surface area contributed by atoms with Crippen molar-refractivity contribution in [2.45, 2.75) is 70.4 Å². The number of carbonyl (C=O) groups excluding carboxylic acids is 2. The van der Waals surface area contributed by atoms with E-state index in [0.717, 1.165) is 35.2 Å². The van der Waals surface area contributed by atoms with E-state index in [1.807, 2.05) is 26.8 Å². The minimum absolute atomic E-state index is 0.0304. The lowest BCUT2D eigenvalue weighted by molar-refractivity contribution is 0.0497. The molecule has 2 aliphatic rings. The number of aromatic nitrogens is 2. The molecule has 1 saturated carbocycles. The maximum absolute atomic E-state index is 12.4. The number of benzene rings is 2. The van der Waals surface area contributed by atoms with Crippen molar-refractivity contribution in [1.29, 1.82) is 0 Å². The van der Waals surface area contributed by atoms with Crippen LogP contribution in [0.25, 0.3) is 22.0 Å². The summed E-state index contributed by atoms with van der Waals surface area (Å²) in [6.07, 6.45) is 5.05. The molecule has 2 heterocycles. The second kappa shape index (κ2) is 9.32. The molecule has 2 aromatic carbocycles. The molecule has 2 amide bonds. The van der Waals surface area contributed by atoms with Crippen molar-refractivity contribution in [3.05, 3.63) is 53.9 Å². The Morgan fingerprint density at radius 3 is 2.32 bits per heavy atom. The molecule has 5 rings (SSSR count). The van der Waals surface area contributed by atoms with Gasteiger partial charge in [-0.2, -0.15) is 0 Å². The zero-order valence-electron chi connectivity index (χ0n) is 22.0. The molecule has 1 saturated heterocycles. The normalized spacial score (nSPS) is 17.5. The number of alkyl carbamates (subject to hydrolysis) is 1. The third-order valence-electron chi connectivity index (χ3n) is 7.41. The second-order valence-electron chi connectivity index (χ2n) is 11.5. The van der Waals surface area contributed by atoms with E-state index in [4.69, 9.17) is 10.5 Å². The Morgan fingerprint density at radius 1 is 1.05 bits per heavy atom. The van der Waals surface area contributed by atoms with Crippen LogP contribution in [0.4, 0.5) is 10.6 Å². The fourth-order valence-electron chi connectivity index (χ4n) is 5.01. The summed E-state index contributed by atoms with van der Waals surface area (Å²) in [5.74, 6) is 0.256. The highest BCUT2D eigenvalue weighted by Gasteiger charge is 2.38. The number of nitrogens with two attached hydrogens (primary N) is 1. The molecule has 8 nitrogen and oxygen atoms in total. The van der Waals surface area contributed by atoms with Crippen LogP contribution >= 0.6 is 0 Å². The van der Waals surface area contributed by atoms with Gasteiger partial charge in [-0.15, -0.1) is 0 Å². The topological polar surface area (TPSA) is 110 Å². The van der Waals surface area contributed by atoms with Crippen LogP contribution in [0.2, 0.25) is 0 Å². The number of fused-ring (bicyclic) bond motifs is 1. The zero-order chi connectivity index (χ0) is 26.4. The first kappa shape index (κ1) is 25.0. The van der Waals surface area contributed by atoms with Crippen molar-refractivity contribution >= 4 is 28.7 Å². The Labute approximate surface area is 217 Å². The standard InChI is InChI=1S/C29H35N5O3/c1-28(2,3)37-27(36)33-21-9-13-34(14-10-21)26-23-16-19(15-22(25(30)35)24(23)31-17-32-26)18-5-7-20(8-6-18)29(4)11-12-29/h5-8,15-17,21H,9-14H2,1-4H3,(H2,30,35)(H,33,36). The number of carbonyl (C=O) groups is 2. The third kappa shape index (κ3) is 5.38. The molecule has 0 radical (unpaired) electrons. The Hall–Kier alpha value is -3.68. The van der Waals surface area contributed by atoms with Crippen LogP contribution in [-0.2, 0) is 10.2 Å². The van der Waals surface area contributed by atoms with Crippen molar-refractivity contribution in [2.75, 3.05) is 18.0 Å². The SMILES string of the molecule is CC(C)(C)OC(=O)NC1CCN(c2ncnc3c(C(N)=O)cc(-c4ccc(C5(C)CC5)cc4)cc23)CC1. The molecular weight excluding hydrogens is 466 g/mol. The lowest BCUT2D eigenvalue weighted by Crippen LogP contribution is -2.46. The first-order valence-electron chi connectivity index (χ1n) is 13.0. The molecule has 0 spiro atoms. The quantitative estimate of drug-likeness (QED) is 0.512. The van der Waals surface area contributed by atoms with E-state index < -0.39 is 17.6 Å². The Kier molecular flexibility index (Phi) is 6.30. The molecule has 1 aliphatic carbocycles. The molecule has 2 fully saturated rings. The van der Waals surface area contributed by atoms with Crippen LogP contribution in [0.5, 0.6) is 0 Å². The summed E-state index contributed by atoms with van der Waals surface area (Å²) in [5, 5.41) is 3.77. The fourth-order valence-corrected chi connectivity index (χ4v) is 5.01. The lowest BCUT2D eigenvalue weighted by atomic mass is 9.94. The molecule has 3 aromatic rings. The number of piperidine rings is 1. The van der Waals surface area contributed by atoms with Crippen LogP contribution in [0.3, 0.4) is 0 Å². The van der Waals surface area contributed by atoms with E-state index in [9.17, 15) is 9.59 Å². The largest absolute Gasteiger partial charge is 0.444 e. The van der Waals surface area contributed by atoms with Crippen LogP contribution in [0.1, 0.15) is 69.3 Å². The Bertz CT molecular complexity index is 1330. The summed E-state index contributed by atoms with van der Waals surface area (Å²) < 4.78 is 5.40. The fraction of sp³-hybridized carbons (Fsp3) is 0.448. The highest BCUT2D eigenvalue weighted by Crippen LogP contribution is 2.47. The smallest absolute Gasteiger partial charge is 0.407 e. The number of amides is 2. The third-order valence-corrected chi connectivity index (χ3v) is 7.41. The molecular formula is C29H35N5O3. The van der Waals surface area contributed by atoms with Crippen LogP contribution < -0.4 is 16.0 Å². The molecule has 37 heavy (non-hydrogen) atoms. The second-order valence-corrected chi connectivity index (χ2v) is 11.5. The van der Waals surface area contributed by atoms with Crippen LogP contribution in [0.15, 0.2) is 42.7 Å². The molecule has 1 aromatic heterocycles. The van der Waals surface area contributed by atoms with Gasteiger partial charge < -0.3 is 20.7 Å². The monoisotopic (exact) mass is 501 g/mol. The molecule has 194 valence electrons. The van der Waals surface area contributed by atoms with Gasteiger partial charge in [0.1, 0.15) is 17.7 Å². The average Bonchev–Trinajstić information content (AvgIpc) is 3.61. The van der Waals surface area contributed by atoms with E-state index in [1.54, 1.807) is 0 Å². The minimum atomic E-state index is -0.531. The van der Waals surface area contributed by atoms with Gasteiger partial charge in [0.2, 0.25) is 0 Å². The summed E-state index contributed by atoms with van der Waals surface area (Å²) in [6.45, 7) is 9.26. The van der Waals surface area contributed by atoms with Gasteiger partial charge >= 0.3 is 6.09 Å².